The van der Waals surface area contributed by atoms with Gasteiger partial charge in [-0.2, -0.15) is 0 Å². The molecule has 0 fully saturated rings. The molecule has 2 aromatic carbocycles. The van der Waals surface area contributed by atoms with Gasteiger partial charge in [0, 0.05) is 17.2 Å². The lowest BCUT2D eigenvalue weighted by molar-refractivity contribution is -0.168. The molecule has 0 amide bonds. The van der Waals surface area contributed by atoms with E-state index in [1.54, 1.807) is 36.4 Å². The van der Waals surface area contributed by atoms with E-state index in [-0.39, 0.29) is 5.78 Å². The van der Waals surface area contributed by atoms with Crippen LogP contribution >= 0.6 is 0 Å². The Morgan fingerprint density at radius 1 is 1.00 bits per heavy atom. The molecule has 0 spiro atoms. The number of carbonyl (C=O) groups excluding carboxylic acids is 2. The van der Waals surface area contributed by atoms with Crippen LogP contribution in [0, 0.1) is 0 Å². The molecule has 1 N–H and O–H groups in total. The van der Waals surface area contributed by atoms with E-state index in [2.05, 4.69) is 0 Å². The van der Waals surface area contributed by atoms with Crippen LogP contribution in [0.25, 0.3) is 5.76 Å². The Labute approximate surface area is 154 Å². The topological polar surface area (TPSA) is 63.6 Å². The van der Waals surface area contributed by atoms with Crippen LogP contribution in [0.4, 0.5) is 0 Å². The Morgan fingerprint density at radius 3 is 2.08 bits per heavy atom. The first-order chi connectivity index (χ1) is 12.2. The fourth-order valence-corrected chi connectivity index (χ4v) is 5.67. The first-order valence-electron chi connectivity index (χ1n) is 8.55. The quantitative estimate of drug-likeness (QED) is 0.644. The van der Waals surface area contributed by atoms with Crippen molar-refractivity contribution in [1.29, 1.82) is 0 Å². The molecule has 134 valence electrons. The van der Waals surface area contributed by atoms with Crippen LogP contribution in [-0.4, -0.2) is 30.5 Å². The van der Waals surface area contributed by atoms with Gasteiger partial charge in [-0.1, -0.05) is 80.3 Å². The molecule has 26 heavy (non-hydrogen) atoms. The molecule has 4 nitrogen and oxygen atoms in total. The summed E-state index contributed by atoms with van der Waals surface area (Å²) in [7, 11) is -2.32. The van der Waals surface area contributed by atoms with Crippen LogP contribution < -0.4 is 0 Å². The highest BCUT2D eigenvalue weighted by atomic mass is 28.3. The van der Waals surface area contributed by atoms with E-state index in [1.807, 2.05) is 43.9 Å². The lowest BCUT2D eigenvalue weighted by Crippen LogP contribution is -2.53. The summed E-state index contributed by atoms with van der Waals surface area (Å²) >= 11 is 0. The molecule has 0 radical (unpaired) electrons. The number of ketones is 2. The average molecular weight is 366 g/mol. The number of hydrogen-bond donors (Lipinski definition) is 1. The van der Waals surface area contributed by atoms with Crippen molar-refractivity contribution in [3.05, 3.63) is 77.9 Å². The first kappa shape index (κ1) is 18.3. The number of aliphatic hydroxyl groups is 1. The Balaban J connectivity index is 2.00. The van der Waals surface area contributed by atoms with Crippen molar-refractivity contribution >= 4 is 25.4 Å². The molecule has 3 rings (SSSR count). The monoisotopic (exact) mass is 366 g/mol. The molecule has 2 aromatic rings. The van der Waals surface area contributed by atoms with Gasteiger partial charge in [-0.05, 0) is 0 Å². The van der Waals surface area contributed by atoms with Crippen LogP contribution in [0.1, 0.15) is 15.9 Å². The van der Waals surface area contributed by atoms with Gasteiger partial charge in [0.15, 0.2) is 5.78 Å². The molecular formula is C21H22O4Si. The Bertz CT molecular complexity index is 853. The van der Waals surface area contributed by atoms with Crippen LogP contribution in [-0.2, 0) is 9.53 Å². The van der Waals surface area contributed by atoms with Crippen molar-refractivity contribution in [2.75, 3.05) is 0 Å². The molecule has 2 atom stereocenters. The summed E-state index contributed by atoms with van der Waals surface area (Å²) in [5.74, 6) is -2.71. The number of rotatable bonds is 5. The predicted octanol–water partition coefficient (Wildman–Crippen LogP) is 3.91. The number of carbonyl (C=O) groups is 2. The summed E-state index contributed by atoms with van der Waals surface area (Å²) in [6.45, 7) is 5.86. The van der Waals surface area contributed by atoms with Crippen molar-refractivity contribution in [3.63, 3.8) is 0 Å². The van der Waals surface area contributed by atoms with Gasteiger partial charge in [0.2, 0.25) is 5.78 Å². The van der Waals surface area contributed by atoms with Crippen molar-refractivity contribution in [1.82, 2.24) is 0 Å². The SMILES string of the molecule is C[Si](C)(C)C(C(=O)c1ccccc1)C1(O)OC(c2ccccc2)=CC1=O. The highest BCUT2D eigenvalue weighted by Gasteiger charge is 2.57. The van der Waals surface area contributed by atoms with Gasteiger partial charge in [0.25, 0.3) is 5.79 Å². The lowest BCUT2D eigenvalue weighted by Gasteiger charge is -2.37. The van der Waals surface area contributed by atoms with Crippen LogP contribution in [0.5, 0.6) is 0 Å². The molecule has 5 heteroatoms. The van der Waals surface area contributed by atoms with E-state index >= 15 is 0 Å². The normalized spacial score (nSPS) is 21.1. The summed E-state index contributed by atoms with van der Waals surface area (Å²) < 4.78 is 5.76. The minimum Gasteiger partial charge on any atom is -0.453 e. The smallest absolute Gasteiger partial charge is 0.279 e. The third-order valence-corrected chi connectivity index (χ3v) is 6.90. The highest BCUT2D eigenvalue weighted by Crippen LogP contribution is 2.44. The second-order valence-corrected chi connectivity index (χ2v) is 12.9. The average Bonchev–Trinajstić information content (AvgIpc) is 2.91. The maximum atomic E-state index is 13.2. The van der Waals surface area contributed by atoms with Crippen molar-refractivity contribution < 1.29 is 19.4 Å². The summed E-state index contributed by atoms with van der Waals surface area (Å²) in [5.41, 5.74) is 0.249. The van der Waals surface area contributed by atoms with E-state index in [0.29, 0.717) is 16.9 Å². The zero-order valence-corrected chi connectivity index (χ0v) is 16.1. The standard InChI is InChI=1S/C21H22O4Si/c1-26(2,3)20(19(23)16-12-8-5-9-13-16)21(24)18(22)14-17(25-21)15-10-6-4-7-11-15/h4-14,20,24H,1-3H3. The molecule has 0 saturated carbocycles. The molecule has 1 aliphatic rings. The molecule has 0 saturated heterocycles. The molecular weight excluding hydrogens is 344 g/mol. The fraction of sp³-hybridized carbons (Fsp3) is 0.238. The molecule has 2 unspecified atom stereocenters. The summed E-state index contributed by atoms with van der Waals surface area (Å²) in [5, 5.41) is 11.2. The maximum Gasteiger partial charge on any atom is 0.279 e. The molecule has 0 aliphatic carbocycles. The molecule has 1 heterocycles. The van der Waals surface area contributed by atoms with Gasteiger partial charge < -0.3 is 9.84 Å². The molecule has 0 bridgehead atoms. The van der Waals surface area contributed by atoms with Crippen LogP contribution in [0.3, 0.4) is 0 Å². The fourth-order valence-electron chi connectivity index (χ4n) is 3.34. The van der Waals surface area contributed by atoms with Crippen LogP contribution in [0.15, 0.2) is 66.7 Å². The Hall–Kier alpha value is -2.50. The van der Waals surface area contributed by atoms with Crippen molar-refractivity contribution in [2.45, 2.75) is 31.0 Å². The first-order valence-corrected chi connectivity index (χ1v) is 12.1. The minimum atomic E-state index is -2.32. The van der Waals surface area contributed by atoms with Gasteiger partial charge in [-0.3, -0.25) is 9.59 Å². The largest absolute Gasteiger partial charge is 0.453 e. The number of benzene rings is 2. The van der Waals surface area contributed by atoms with Gasteiger partial charge >= 0.3 is 0 Å². The van der Waals surface area contributed by atoms with Gasteiger partial charge in [0.1, 0.15) is 5.76 Å². The predicted molar refractivity (Wildman–Crippen MR) is 103 cm³/mol. The number of Topliss-reactive ketones (excluding diaryl/α,β-unsaturated/α-hetero) is 1. The van der Waals surface area contributed by atoms with Crippen molar-refractivity contribution in [2.24, 2.45) is 0 Å². The maximum absolute atomic E-state index is 13.2. The summed E-state index contributed by atoms with van der Waals surface area (Å²) in [6, 6.07) is 17.9. The van der Waals surface area contributed by atoms with Gasteiger partial charge in [-0.25, -0.2) is 0 Å². The van der Waals surface area contributed by atoms with E-state index < -0.39 is 25.2 Å². The second kappa shape index (κ2) is 6.66. The Morgan fingerprint density at radius 2 is 1.54 bits per heavy atom. The minimum absolute atomic E-state index is 0.261. The third kappa shape index (κ3) is 3.28. The summed E-state index contributed by atoms with van der Waals surface area (Å²) in [6.07, 6.45) is 1.29. The molecule has 1 aliphatic heterocycles. The van der Waals surface area contributed by atoms with Gasteiger partial charge in [-0.15, -0.1) is 0 Å². The highest BCUT2D eigenvalue weighted by molar-refractivity contribution is 6.81. The molecule has 0 aromatic heterocycles. The van der Waals surface area contributed by atoms with Crippen molar-refractivity contribution in [3.8, 4) is 0 Å². The van der Waals surface area contributed by atoms with Gasteiger partial charge in [0.05, 0.1) is 13.6 Å². The Kier molecular flexibility index (Phi) is 4.69. The van der Waals surface area contributed by atoms with E-state index in [4.69, 9.17) is 4.74 Å². The zero-order chi connectivity index (χ0) is 18.9. The third-order valence-electron chi connectivity index (χ3n) is 4.52. The van der Waals surface area contributed by atoms with Crippen LogP contribution in [0.2, 0.25) is 25.2 Å². The van der Waals surface area contributed by atoms with E-state index in [1.165, 1.54) is 6.08 Å². The summed E-state index contributed by atoms with van der Waals surface area (Å²) in [4.78, 5) is 25.9. The lowest BCUT2D eigenvalue weighted by atomic mass is 9.99. The zero-order valence-electron chi connectivity index (χ0n) is 15.1. The second-order valence-electron chi connectivity index (χ2n) is 7.57. The number of hydrogen-bond acceptors (Lipinski definition) is 4. The van der Waals surface area contributed by atoms with E-state index in [9.17, 15) is 14.7 Å². The number of ether oxygens (including phenoxy) is 1. The van der Waals surface area contributed by atoms with E-state index in [0.717, 1.165) is 0 Å².